The van der Waals surface area contributed by atoms with Crippen molar-refractivity contribution in [3.05, 3.63) is 63.6 Å². The molecule has 0 fully saturated rings. The Balaban J connectivity index is 2.17. The number of rotatable bonds is 4. The van der Waals surface area contributed by atoms with Crippen molar-refractivity contribution in [2.75, 3.05) is 5.75 Å². The molecule has 0 aliphatic heterocycles. The fourth-order valence-corrected chi connectivity index (χ4v) is 4.24. The van der Waals surface area contributed by atoms with Gasteiger partial charge in [-0.3, -0.25) is 4.21 Å². The predicted molar refractivity (Wildman–Crippen MR) is 88.3 cm³/mol. The summed E-state index contributed by atoms with van der Waals surface area (Å²) in [4.78, 5) is 0.798. The van der Waals surface area contributed by atoms with Crippen LogP contribution in [0.1, 0.15) is 22.7 Å². The first kappa shape index (κ1) is 15.4. The van der Waals surface area contributed by atoms with Crippen molar-refractivity contribution in [3.8, 4) is 0 Å². The highest BCUT2D eigenvalue weighted by Crippen LogP contribution is 2.23. The van der Waals surface area contributed by atoms with Crippen LogP contribution in [0.4, 0.5) is 0 Å². The zero-order chi connectivity index (χ0) is 14.7. The highest BCUT2D eigenvalue weighted by Gasteiger charge is 2.14. The van der Waals surface area contributed by atoms with Gasteiger partial charge in [0.1, 0.15) is 0 Å². The minimum atomic E-state index is -1.11. The Morgan fingerprint density at radius 3 is 2.35 bits per heavy atom. The first-order chi connectivity index (χ1) is 9.47. The molecule has 0 spiro atoms. The van der Waals surface area contributed by atoms with E-state index in [0.29, 0.717) is 5.75 Å². The van der Waals surface area contributed by atoms with E-state index >= 15 is 0 Å². The van der Waals surface area contributed by atoms with Gasteiger partial charge in [-0.1, -0.05) is 41.5 Å². The normalized spacial score (nSPS) is 14.0. The van der Waals surface area contributed by atoms with Crippen LogP contribution in [0, 0.1) is 13.8 Å². The van der Waals surface area contributed by atoms with Crippen LogP contribution in [-0.2, 0) is 10.8 Å². The lowest BCUT2D eigenvalue weighted by Gasteiger charge is -2.14. The summed E-state index contributed by atoms with van der Waals surface area (Å²) in [7, 11) is -1.11. The molecular weight excluding hydrogens is 334 g/mol. The van der Waals surface area contributed by atoms with Crippen molar-refractivity contribution < 1.29 is 4.21 Å². The van der Waals surface area contributed by atoms with Crippen molar-refractivity contribution in [2.24, 2.45) is 5.73 Å². The molecule has 2 N–H and O–H groups in total. The molecule has 0 aliphatic rings. The first-order valence-electron chi connectivity index (χ1n) is 6.44. The Morgan fingerprint density at radius 2 is 1.75 bits per heavy atom. The lowest BCUT2D eigenvalue weighted by molar-refractivity contribution is 0.675. The van der Waals surface area contributed by atoms with Crippen molar-refractivity contribution >= 4 is 26.7 Å². The number of hydrogen-bond donors (Lipinski definition) is 1. The first-order valence-corrected chi connectivity index (χ1v) is 8.55. The minimum absolute atomic E-state index is 0.221. The summed E-state index contributed by atoms with van der Waals surface area (Å²) in [6.07, 6.45) is 0. The molecule has 0 saturated carbocycles. The van der Waals surface area contributed by atoms with E-state index < -0.39 is 10.8 Å². The molecule has 0 bridgehead atoms. The lowest BCUT2D eigenvalue weighted by Crippen LogP contribution is -2.19. The van der Waals surface area contributed by atoms with Crippen molar-refractivity contribution in [1.29, 1.82) is 0 Å². The third kappa shape index (κ3) is 3.78. The molecule has 20 heavy (non-hydrogen) atoms. The molecular formula is C16H18BrNOS. The van der Waals surface area contributed by atoms with Gasteiger partial charge in [0, 0.05) is 16.3 Å². The van der Waals surface area contributed by atoms with Gasteiger partial charge >= 0.3 is 0 Å². The van der Waals surface area contributed by atoms with Gasteiger partial charge in [0.05, 0.1) is 15.7 Å². The maximum Gasteiger partial charge on any atom is 0.0560 e. The molecule has 2 aromatic carbocycles. The zero-order valence-corrected chi connectivity index (χ0v) is 14.0. The third-order valence-electron chi connectivity index (χ3n) is 3.09. The van der Waals surface area contributed by atoms with Crippen LogP contribution in [-0.4, -0.2) is 9.96 Å². The topological polar surface area (TPSA) is 43.1 Å². The number of hydrogen-bond acceptors (Lipinski definition) is 2. The van der Waals surface area contributed by atoms with Gasteiger partial charge in [-0.05, 0) is 47.5 Å². The summed E-state index contributed by atoms with van der Waals surface area (Å²) in [6.45, 7) is 4.10. The molecule has 0 aliphatic carbocycles. The summed E-state index contributed by atoms with van der Waals surface area (Å²) < 4.78 is 13.3. The van der Waals surface area contributed by atoms with Gasteiger partial charge in [-0.2, -0.15) is 0 Å². The van der Waals surface area contributed by atoms with Crippen molar-refractivity contribution in [3.63, 3.8) is 0 Å². The van der Waals surface area contributed by atoms with Gasteiger partial charge in [0.25, 0.3) is 0 Å². The third-order valence-corrected chi connectivity index (χ3v) is 5.55. The fourth-order valence-electron chi connectivity index (χ4n) is 2.20. The van der Waals surface area contributed by atoms with Crippen LogP contribution < -0.4 is 5.73 Å². The van der Waals surface area contributed by atoms with E-state index in [2.05, 4.69) is 34.1 Å². The molecule has 0 heterocycles. The summed E-state index contributed by atoms with van der Waals surface area (Å²) in [5.74, 6) is 0.422. The van der Waals surface area contributed by atoms with E-state index in [-0.39, 0.29) is 6.04 Å². The average Bonchev–Trinajstić information content (AvgIpc) is 2.37. The average molecular weight is 352 g/mol. The number of nitrogens with two attached hydrogens (primary N) is 1. The Kier molecular flexibility index (Phi) is 5.13. The standard InChI is InChI=1S/C16H18BrNOS/c1-11-7-12(2)9-13(8-11)15(18)10-20(19)16-6-4-3-5-14(16)17/h3-9,15H,10,18H2,1-2H3. The second kappa shape index (κ2) is 6.66. The molecule has 2 unspecified atom stereocenters. The Hall–Kier alpha value is -0.970. The monoisotopic (exact) mass is 351 g/mol. The van der Waals surface area contributed by atoms with E-state index in [1.54, 1.807) is 0 Å². The Labute approximate surface area is 131 Å². The lowest BCUT2D eigenvalue weighted by atomic mass is 10.0. The van der Waals surface area contributed by atoms with Crippen LogP contribution in [0.3, 0.4) is 0 Å². The molecule has 4 heteroatoms. The van der Waals surface area contributed by atoms with Crippen LogP contribution in [0.2, 0.25) is 0 Å². The van der Waals surface area contributed by atoms with Gasteiger partial charge < -0.3 is 5.73 Å². The summed E-state index contributed by atoms with van der Waals surface area (Å²) >= 11 is 3.43. The van der Waals surface area contributed by atoms with E-state index in [4.69, 9.17) is 5.73 Å². The fraction of sp³-hybridized carbons (Fsp3) is 0.250. The van der Waals surface area contributed by atoms with Gasteiger partial charge in [-0.25, -0.2) is 0 Å². The van der Waals surface area contributed by atoms with E-state index in [1.807, 2.05) is 38.1 Å². The van der Waals surface area contributed by atoms with Gasteiger partial charge in [0.15, 0.2) is 0 Å². The van der Waals surface area contributed by atoms with E-state index in [9.17, 15) is 4.21 Å². The smallest absolute Gasteiger partial charge is 0.0560 e. The number of halogens is 1. The Morgan fingerprint density at radius 1 is 1.15 bits per heavy atom. The zero-order valence-electron chi connectivity index (χ0n) is 11.6. The van der Waals surface area contributed by atoms with Crippen molar-refractivity contribution in [2.45, 2.75) is 24.8 Å². The summed E-state index contributed by atoms with van der Waals surface area (Å²) in [5.41, 5.74) is 9.62. The summed E-state index contributed by atoms with van der Waals surface area (Å²) in [5, 5.41) is 0. The number of benzene rings is 2. The van der Waals surface area contributed by atoms with E-state index in [1.165, 1.54) is 11.1 Å². The van der Waals surface area contributed by atoms with Crippen LogP contribution in [0.5, 0.6) is 0 Å². The molecule has 106 valence electrons. The minimum Gasteiger partial charge on any atom is -0.323 e. The molecule has 2 rings (SSSR count). The Bertz CT molecular complexity index is 622. The molecule has 0 aromatic heterocycles. The molecule has 2 nitrogen and oxygen atoms in total. The van der Waals surface area contributed by atoms with Crippen molar-refractivity contribution in [1.82, 2.24) is 0 Å². The van der Waals surface area contributed by atoms with Gasteiger partial charge in [-0.15, -0.1) is 0 Å². The van der Waals surface area contributed by atoms with Crippen LogP contribution in [0.25, 0.3) is 0 Å². The number of aryl methyl sites for hydroxylation is 2. The molecule has 0 radical (unpaired) electrons. The SMILES string of the molecule is Cc1cc(C)cc(C(N)CS(=O)c2ccccc2Br)c1. The maximum absolute atomic E-state index is 12.4. The molecule has 0 saturated heterocycles. The predicted octanol–water partition coefficient (Wildman–Crippen LogP) is 3.87. The maximum atomic E-state index is 12.4. The molecule has 2 aromatic rings. The van der Waals surface area contributed by atoms with Crippen LogP contribution >= 0.6 is 15.9 Å². The molecule has 0 amide bonds. The molecule has 2 atom stereocenters. The highest BCUT2D eigenvalue weighted by molar-refractivity contribution is 9.10. The van der Waals surface area contributed by atoms with Gasteiger partial charge in [0.2, 0.25) is 0 Å². The second-order valence-corrected chi connectivity index (χ2v) is 7.29. The van der Waals surface area contributed by atoms with Crippen LogP contribution in [0.15, 0.2) is 51.8 Å². The van der Waals surface area contributed by atoms with E-state index in [0.717, 1.165) is 14.9 Å². The second-order valence-electron chi connectivity index (χ2n) is 4.97. The highest BCUT2D eigenvalue weighted by atomic mass is 79.9. The summed E-state index contributed by atoms with van der Waals surface area (Å²) in [6, 6.07) is 13.6. The largest absolute Gasteiger partial charge is 0.323 e. The quantitative estimate of drug-likeness (QED) is 0.908.